The Hall–Kier alpha value is -2.75. The zero-order valence-corrected chi connectivity index (χ0v) is 18.1. The first-order valence-corrected chi connectivity index (χ1v) is 10.4. The van der Waals surface area contributed by atoms with E-state index in [0.717, 1.165) is 18.6 Å². The van der Waals surface area contributed by atoms with Gasteiger partial charge in [0.1, 0.15) is 24.0 Å². The Balaban J connectivity index is 1.60. The van der Waals surface area contributed by atoms with Crippen LogP contribution in [0.15, 0.2) is 67.0 Å². The summed E-state index contributed by atoms with van der Waals surface area (Å²) in [7, 11) is 1.12. The van der Waals surface area contributed by atoms with Crippen LogP contribution in [0.4, 0.5) is 17.6 Å². The van der Waals surface area contributed by atoms with Gasteiger partial charge in [0.15, 0.2) is 0 Å². The SMILES string of the molecule is COC1C(C(F)(F)F)COC(F)(c2ccccc2)C1OCc1ccc(-n2ccnc2C)cc1. The molecule has 2 aromatic carbocycles. The first-order valence-electron chi connectivity index (χ1n) is 10.4. The second kappa shape index (κ2) is 9.24. The van der Waals surface area contributed by atoms with Crippen molar-refractivity contribution in [1.82, 2.24) is 9.55 Å². The zero-order valence-electron chi connectivity index (χ0n) is 18.1. The maximum Gasteiger partial charge on any atom is 0.396 e. The van der Waals surface area contributed by atoms with Crippen molar-refractivity contribution in [1.29, 1.82) is 0 Å². The molecule has 2 heterocycles. The number of hydrogen-bond donors (Lipinski definition) is 0. The summed E-state index contributed by atoms with van der Waals surface area (Å²) in [6.07, 6.45) is -4.36. The number of hydrogen-bond acceptors (Lipinski definition) is 4. The maximum absolute atomic E-state index is 16.2. The van der Waals surface area contributed by atoms with Crippen molar-refractivity contribution in [3.8, 4) is 5.69 Å². The Morgan fingerprint density at radius 2 is 1.82 bits per heavy atom. The van der Waals surface area contributed by atoms with Crippen LogP contribution in [0.5, 0.6) is 0 Å². The molecular weight excluding hydrogens is 440 g/mol. The molecule has 1 saturated heterocycles. The summed E-state index contributed by atoms with van der Waals surface area (Å²) < 4.78 is 75.1. The third-order valence-corrected chi connectivity index (χ3v) is 5.86. The summed E-state index contributed by atoms with van der Waals surface area (Å²) in [5.74, 6) is -3.81. The molecule has 0 amide bonds. The molecule has 9 heteroatoms. The van der Waals surface area contributed by atoms with Crippen LogP contribution in [0.1, 0.15) is 17.0 Å². The van der Waals surface area contributed by atoms with E-state index in [9.17, 15) is 13.2 Å². The van der Waals surface area contributed by atoms with Crippen LogP contribution in [0.2, 0.25) is 0 Å². The van der Waals surface area contributed by atoms with E-state index in [1.165, 1.54) is 12.1 Å². The lowest BCUT2D eigenvalue weighted by Gasteiger charge is -2.45. The summed E-state index contributed by atoms with van der Waals surface area (Å²) in [5.41, 5.74) is 1.60. The molecule has 176 valence electrons. The molecule has 0 radical (unpaired) electrons. The molecule has 1 fully saturated rings. The van der Waals surface area contributed by atoms with Gasteiger partial charge >= 0.3 is 6.18 Å². The highest BCUT2D eigenvalue weighted by molar-refractivity contribution is 5.35. The maximum atomic E-state index is 16.2. The minimum Gasteiger partial charge on any atom is -0.378 e. The lowest BCUT2D eigenvalue weighted by Crippen LogP contribution is -2.59. The van der Waals surface area contributed by atoms with Crippen molar-refractivity contribution in [3.05, 3.63) is 83.9 Å². The van der Waals surface area contributed by atoms with Gasteiger partial charge in [-0.1, -0.05) is 42.5 Å². The van der Waals surface area contributed by atoms with E-state index in [0.29, 0.717) is 5.56 Å². The first kappa shape index (κ1) is 23.4. The van der Waals surface area contributed by atoms with Gasteiger partial charge in [-0.2, -0.15) is 13.2 Å². The van der Waals surface area contributed by atoms with Crippen molar-refractivity contribution < 1.29 is 31.8 Å². The highest BCUT2D eigenvalue weighted by Crippen LogP contribution is 2.46. The van der Waals surface area contributed by atoms with Gasteiger partial charge in [0.25, 0.3) is 5.85 Å². The third kappa shape index (κ3) is 4.66. The number of halogens is 4. The van der Waals surface area contributed by atoms with Crippen molar-refractivity contribution in [2.75, 3.05) is 13.7 Å². The first-order chi connectivity index (χ1) is 15.7. The number of nitrogens with zero attached hydrogens (tertiary/aromatic N) is 2. The number of benzene rings is 2. The molecule has 1 aliphatic rings. The second-order valence-electron chi connectivity index (χ2n) is 7.91. The molecule has 0 aliphatic carbocycles. The topological polar surface area (TPSA) is 45.5 Å². The Morgan fingerprint density at radius 1 is 1.12 bits per heavy atom. The molecule has 4 atom stereocenters. The van der Waals surface area contributed by atoms with E-state index in [2.05, 4.69) is 4.98 Å². The van der Waals surface area contributed by atoms with Gasteiger partial charge in [-0.05, 0) is 24.6 Å². The standard InChI is InChI=1S/C24H24F4N2O3/c1-16-29-12-13-30(16)19-10-8-17(9-11-19)14-32-22-21(31-2)20(24(26,27)28)15-33-23(22,25)18-6-4-3-5-7-18/h3-13,20-22H,14-15H2,1-2H3. The highest BCUT2D eigenvalue weighted by Gasteiger charge is 2.60. The van der Waals surface area contributed by atoms with Crippen LogP contribution in [-0.2, 0) is 26.7 Å². The molecule has 4 unspecified atom stereocenters. The van der Waals surface area contributed by atoms with Crippen LogP contribution >= 0.6 is 0 Å². The van der Waals surface area contributed by atoms with Gasteiger partial charge in [-0.3, -0.25) is 0 Å². The van der Waals surface area contributed by atoms with Gasteiger partial charge in [0.05, 0.1) is 13.2 Å². The average Bonchev–Trinajstić information content (AvgIpc) is 3.24. The quantitative estimate of drug-likeness (QED) is 0.476. The molecule has 33 heavy (non-hydrogen) atoms. The van der Waals surface area contributed by atoms with Crippen LogP contribution < -0.4 is 0 Å². The van der Waals surface area contributed by atoms with Gasteiger partial charge < -0.3 is 18.8 Å². The molecule has 1 aliphatic heterocycles. The van der Waals surface area contributed by atoms with E-state index in [1.807, 2.05) is 29.8 Å². The molecule has 3 aromatic rings. The monoisotopic (exact) mass is 464 g/mol. The fraction of sp³-hybridized carbons (Fsp3) is 0.375. The molecule has 5 nitrogen and oxygen atoms in total. The summed E-state index contributed by atoms with van der Waals surface area (Å²) in [6, 6.07) is 15.0. The lowest BCUT2D eigenvalue weighted by molar-refractivity contribution is -0.340. The number of aryl methyl sites for hydroxylation is 1. The minimum atomic E-state index is -4.63. The number of imidazole rings is 1. The molecule has 4 rings (SSSR count). The Labute approximate surface area is 188 Å². The molecule has 0 N–H and O–H groups in total. The summed E-state index contributed by atoms with van der Waals surface area (Å²) in [6.45, 7) is 0.874. The Morgan fingerprint density at radius 3 is 2.39 bits per heavy atom. The van der Waals surface area contributed by atoms with Crippen LogP contribution in [-0.4, -0.2) is 41.7 Å². The van der Waals surface area contributed by atoms with E-state index >= 15 is 4.39 Å². The van der Waals surface area contributed by atoms with Gasteiger partial charge in [0.2, 0.25) is 0 Å². The summed E-state index contributed by atoms with van der Waals surface area (Å²) in [5, 5.41) is 0. The number of alkyl halides is 4. The van der Waals surface area contributed by atoms with E-state index < -0.39 is 36.8 Å². The highest BCUT2D eigenvalue weighted by atomic mass is 19.4. The average molecular weight is 464 g/mol. The number of rotatable bonds is 6. The van der Waals surface area contributed by atoms with E-state index in [-0.39, 0.29) is 12.2 Å². The summed E-state index contributed by atoms with van der Waals surface area (Å²) in [4.78, 5) is 4.18. The molecule has 0 spiro atoms. The lowest BCUT2D eigenvalue weighted by atomic mass is 9.86. The largest absolute Gasteiger partial charge is 0.396 e. The second-order valence-corrected chi connectivity index (χ2v) is 7.91. The summed E-state index contributed by atoms with van der Waals surface area (Å²) >= 11 is 0. The molecule has 0 saturated carbocycles. The van der Waals surface area contributed by atoms with Crippen molar-refractivity contribution in [3.63, 3.8) is 0 Å². The van der Waals surface area contributed by atoms with Crippen molar-refractivity contribution in [2.24, 2.45) is 5.92 Å². The van der Waals surface area contributed by atoms with Crippen LogP contribution in [0.25, 0.3) is 5.69 Å². The van der Waals surface area contributed by atoms with Crippen molar-refractivity contribution >= 4 is 0 Å². The normalized spacial score (nSPS) is 25.8. The number of aromatic nitrogens is 2. The smallest absolute Gasteiger partial charge is 0.378 e. The van der Waals surface area contributed by atoms with Gasteiger partial charge in [-0.25, -0.2) is 9.37 Å². The fourth-order valence-corrected chi connectivity index (χ4v) is 4.08. The van der Waals surface area contributed by atoms with Gasteiger partial charge in [-0.15, -0.1) is 0 Å². The van der Waals surface area contributed by atoms with E-state index in [1.54, 1.807) is 36.5 Å². The Kier molecular flexibility index (Phi) is 6.56. The number of methoxy groups -OCH3 is 1. The van der Waals surface area contributed by atoms with Crippen molar-refractivity contribution in [2.45, 2.75) is 37.8 Å². The van der Waals surface area contributed by atoms with Gasteiger partial charge in [0, 0.05) is 30.8 Å². The third-order valence-electron chi connectivity index (χ3n) is 5.86. The van der Waals surface area contributed by atoms with E-state index in [4.69, 9.17) is 14.2 Å². The minimum absolute atomic E-state index is 0.0728. The molecule has 1 aromatic heterocycles. The Bertz CT molecular complexity index is 1060. The van der Waals surface area contributed by atoms with Crippen LogP contribution in [0.3, 0.4) is 0 Å². The fourth-order valence-electron chi connectivity index (χ4n) is 4.08. The zero-order chi connectivity index (χ0) is 23.6. The van der Waals surface area contributed by atoms with Crippen LogP contribution in [0, 0.1) is 12.8 Å². The molecular formula is C24H24F4N2O3. The molecule has 0 bridgehead atoms. The predicted octanol–water partition coefficient (Wildman–Crippen LogP) is 5.11. The predicted molar refractivity (Wildman–Crippen MR) is 112 cm³/mol. The number of ether oxygens (including phenoxy) is 3.